The summed E-state index contributed by atoms with van der Waals surface area (Å²) in [5.41, 5.74) is 1.29. The van der Waals surface area contributed by atoms with Gasteiger partial charge in [0.1, 0.15) is 0 Å². The zero-order chi connectivity index (χ0) is 13.1. The number of amides is 1. The van der Waals surface area contributed by atoms with Crippen LogP contribution in [0.2, 0.25) is 0 Å². The average molecular weight is 259 g/mol. The highest BCUT2D eigenvalue weighted by Gasteiger charge is 2.32. The highest BCUT2D eigenvalue weighted by Crippen LogP contribution is 2.29. The van der Waals surface area contributed by atoms with Gasteiger partial charge in [-0.3, -0.25) is 4.79 Å². The van der Waals surface area contributed by atoms with Crippen LogP contribution in [0.3, 0.4) is 0 Å². The molecule has 2 heterocycles. The van der Waals surface area contributed by atoms with Gasteiger partial charge in [-0.05, 0) is 24.3 Å². The van der Waals surface area contributed by atoms with E-state index in [2.05, 4.69) is 24.3 Å². The predicted octanol–water partition coefficient (Wildman–Crippen LogP) is 2.43. The zero-order valence-corrected chi connectivity index (χ0v) is 11.3. The molecule has 1 aromatic carbocycles. The van der Waals surface area contributed by atoms with E-state index in [0.29, 0.717) is 24.2 Å². The Morgan fingerprint density at radius 3 is 2.84 bits per heavy atom. The molecule has 1 aromatic rings. The van der Waals surface area contributed by atoms with Gasteiger partial charge >= 0.3 is 0 Å². The molecule has 0 saturated carbocycles. The van der Waals surface area contributed by atoms with Crippen molar-refractivity contribution in [2.24, 2.45) is 5.92 Å². The summed E-state index contributed by atoms with van der Waals surface area (Å²) >= 11 is 0. The van der Waals surface area contributed by atoms with Gasteiger partial charge in [-0.15, -0.1) is 0 Å². The number of rotatable bonds is 3. The van der Waals surface area contributed by atoms with Crippen molar-refractivity contribution >= 4 is 5.91 Å². The van der Waals surface area contributed by atoms with Crippen LogP contribution in [0.4, 0.5) is 0 Å². The fourth-order valence-electron chi connectivity index (χ4n) is 3.16. The van der Waals surface area contributed by atoms with Crippen LogP contribution in [0.25, 0.3) is 0 Å². The summed E-state index contributed by atoms with van der Waals surface area (Å²) < 4.78 is 5.50. The Labute approximate surface area is 114 Å². The molecule has 19 heavy (non-hydrogen) atoms. The molecule has 3 heteroatoms. The summed E-state index contributed by atoms with van der Waals surface area (Å²) in [7, 11) is 0. The number of hydrogen-bond acceptors (Lipinski definition) is 2. The Kier molecular flexibility index (Phi) is 3.83. The number of benzene rings is 1. The first-order valence-electron chi connectivity index (χ1n) is 7.23. The smallest absolute Gasteiger partial charge is 0.223 e. The summed E-state index contributed by atoms with van der Waals surface area (Å²) in [4.78, 5) is 14.2. The van der Waals surface area contributed by atoms with Crippen molar-refractivity contribution in [3.63, 3.8) is 0 Å². The monoisotopic (exact) mass is 259 g/mol. The molecular weight excluding hydrogens is 238 g/mol. The van der Waals surface area contributed by atoms with Gasteiger partial charge in [0, 0.05) is 32.0 Å². The molecule has 2 saturated heterocycles. The van der Waals surface area contributed by atoms with E-state index < -0.39 is 0 Å². The van der Waals surface area contributed by atoms with Gasteiger partial charge in [0.15, 0.2) is 0 Å². The lowest BCUT2D eigenvalue weighted by molar-refractivity contribution is -0.128. The van der Waals surface area contributed by atoms with Crippen LogP contribution in [0.15, 0.2) is 30.3 Å². The summed E-state index contributed by atoms with van der Waals surface area (Å²) in [5, 5.41) is 0. The Bertz CT molecular complexity index is 426. The first kappa shape index (κ1) is 12.7. The van der Waals surface area contributed by atoms with E-state index in [0.717, 1.165) is 32.7 Å². The van der Waals surface area contributed by atoms with E-state index >= 15 is 0 Å². The third kappa shape index (κ3) is 2.98. The number of hydrogen-bond donors (Lipinski definition) is 0. The Morgan fingerprint density at radius 2 is 2.11 bits per heavy atom. The highest BCUT2D eigenvalue weighted by atomic mass is 16.5. The highest BCUT2D eigenvalue weighted by molar-refractivity contribution is 5.79. The third-order valence-electron chi connectivity index (χ3n) is 4.22. The largest absolute Gasteiger partial charge is 0.381 e. The summed E-state index contributed by atoms with van der Waals surface area (Å²) in [5.74, 6) is 1.21. The minimum atomic E-state index is 0.305. The van der Waals surface area contributed by atoms with E-state index in [4.69, 9.17) is 4.74 Å². The van der Waals surface area contributed by atoms with Gasteiger partial charge in [0.2, 0.25) is 5.91 Å². The predicted molar refractivity (Wildman–Crippen MR) is 73.9 cm³/mol. The summed E-state index contributed by atoms with van der Waals surface area (Å²) in [6.07, 6.45) is 2.99. The molecule has 2 fully saturated rings. The topological polar surface area (TPSA) is 29.5 Å². The fourth-order valence-corrected chi connectivity index (χ4v) is 3.16. The molecule has 102 valence electrons. The Morgan fingerprint density at radius 1 is 1.26 bits per heavy atom. The van der Waals surface area contributed by atoms with Crippen molar-refractivity contribution < 1.29 is 9.53 Å². The molecule has 2 atom stereocenters. The minimum absolute atomic E-state index is 0.305. The second kappa shape index (κ2) is 5.74. The second-order valence-electron chi connectivity index (χ2n) is 5.69. The van der Waals surface area contributed by atoms with E-state index in [1.54, 1.807) is 0 Å². The standard InChI is InChI=1S/C16H21NO2/c18-16-9-15(14-6-2-1-3-7-14)11-17(16)10-13-5-4-8-19-12-13/h1-3,6-7,13,15H,4-5,8-12H2. The fraction of sp³-hybridized carbons (Fsp3) is 0.562. The quantitative estimate of drug-likeness (QED) is 0.834. The van der Waals surface area contributed by atoms with Gasteiger partial charge in [-0.1, -0.05) is 30.3 Å². The van der Waals surface area contributed by atoms with Gasteiger partial charge < -0.3 is 9.64 Å². The molecule has 2 aliphatic heterocycles. The first-order chi connectivity index (χ1) is 9.33. The molecule has 2 aliphatic rings. The van der Waals surface area contributed by atoms with Crippen molar-refractivity contribution in [1.82, 2.24) is 4.90 Å². The summed E-state index contributed by atoms with van der Waals surface area (Å²) in [6, 6.07) is 10.4. The average Bonchev–Trinajstić information content (AvgIpc) is 2.82. The van der Waals surface area contributed by atoms with Crippen molar-refractivity contribution in [3.8, 4) is 0 Å². The number of nitrogens with zero attached hydrogens (tertiary/aromatic N) is 1. The molecule has 0 aliphatic carbocycles. The molecule has 2 unspecified atom stereocenters. The van der Waals surface area contributed by atoms with E-state index in [1.807, 2.05) is 11.0 Å². The first-order valence-corrected chi connectivity index (χ1v) is 7.23. The van der Waals surface area contributed by atoms with Crippen LogP contribution in [0.5, 0.6) is 0 Å². The second-order valence-corrected chi connectivity index (χ2v) is 5.69. The van der Waals surface area contributed by atoms with Crippen molar-refractivity contribution in [2.45, 2.75) is 25.2 Å². The number of carbonyl (C=O) groups is 1. The third-order valence-corrected chi connectivity index (χ3v) is 4.22. The van der Waals surface area contributed by atoms with Crippen LogP contribution in [-0.4, -0.2) is 37.1 Å². The minimum Gasteiger partial charge on any atom is -0.381 e. The molecule has 3 nitrogen and oxygen atoms in total. The van der Waals surface area contributed by atoms with Crippen LogP contribution in [-0.2, 0) is 9.53 Å². The molecule has 0 aromatic heterocycles. The lowest BCUT2D eigenvalue weighted by Crippen LogP contribution is -2.34. The Hall–Kier alpha value is -1.35. The van der Waals surface area contributed by atoms with Crippen molar-refractivity contribution in [3.05, 3.63) is 35.9 Å². The maximum atomic E-state index is 12.1. The molecule has 0 spiro atoms. The Balaban J connectivity index is 1.60. The number of likely N-dealkylation sites (tertiary alicyclic amines) is 1. The molecule has 0 bridgehead atoms. The molecule has 0 N–H and O–H groups in total. The van der Waals surface area contributed by atoms with Crippen molar-refractivity contribution in [2.75, 3.05) is 26.3 Å². The van der Waals surface area contributed by atoms with Crippen LogP contribution >= 0.6 is 0 Å². The SMILES string of the molecule is O=C1CC(c2ccccc2)CN1CC1CCCOC1. The van der Waals surface area contributed by atoms with E-state index in [-0.39, 0.29) is 0 Å². The van der Waals surface area contributed by atoms with Gasteiger partial charge in [-0.25, -0.2) is 0 Å². The number of carbonyl (C=O) groups excluding carboxylic acids is 1. The normalized spacial score (nSPS) is 27.8. The maximum Gasteiger partial charge on any atom is 0.223 e. The molecular formula is C16H21NO2. The van der Waals surface area contributed by atoms with Gasteiger partial charge in [-0.2, -0.15) is 0 Å². The molecule has 0 radical (unpaired) electrons. The van der Waals surface area contributed by atoms with Crippen LogP contribution < -0.4 is 0 Å². The maximum absolute atomic E-state index is 12.1. The van der Waals surface area contributed by atoms with Crippen LogP contribution in [0.1, 0.15) is 30.7 Å². The lowest BCUT2D eigenvalue weighted by Gasteiger charge is -2.27. The summed E-state index contributed by atoms with van der Waals surface area (Å²) in [6.45, 7) is 3.46. The van der Waals surface area contributed by atoms with Gasteiger partial charge in [0.05, 0.1) is 6.61 Å². The van der Waals surface area contributed by atoms with Crippen molar-refractivity contribution in [1.29, 1.82) is 0 Å². The zero-order valence-electron chi connectivity index (χ0n) is 11.3. The molecule has 1 amide bonds. The van der Waals surface area contributed by atoms with Gasteiger partial charge in [0.25, 0.3) is 0 Å². The number of ether oxygens (including phenoxy) is 1. The molecule has 3 rings (SSSR count). The van der Waals surface area contributed by atoms with E-state index in [9.17, 15) is 4.79 Å². The van der Waals surface area contributed by atoms with E-state index in [1.165, 1.54) is 12.0 Å². The van der Waals surface area contributed by atoms with Crippen LogP contribution in [0, 0.1) is 5.92 Å². The lowest BCUT2D eigenvalue weighted by atomic mass is 9.98.